The van der Waals surface area contributed by atoms with Crippen LogP contribution in [0, 0.1) is 0 Å². The van der Waals surface area contributed by atoms with Crippen molar-refractivity contribution in [3.05, 3.63) is 29.1 Å². The van der Waals surface area contributed by atoms with Crippen molar-refractivity contribution < 1.29 is 9.53 Å². The summed E-state index contributed by atoms with van der Waals surface area (Å²) in [5, 5.41) is 4.30. The minimum absolute atomic E-state index is 0.321. The molecule has 0 saturated carbocycles. The first-order valence-electron chi connectivity index (χ1n) is 6.05. The molecule has 0 atom stereocenters. The first-order chi connectivity index (χ1) is 8.92. The third-order valence-corrected chi connectivity index (χ3v) is 3.84. The number of benzene rings is 1. The van der Waals surface area contributed by atoms with Gasteiger partial charge in [0.1, 0.15) is 4.88 Å². The lowest BCUT2D eigenvalue weighted by Gasteiger charge is -2.20. The second-order valence-corrected chi connectivity index (χ2v) is 6.19. The van der Waals surface area contributed by atoms with E-state index in [0.29, 0.717) is 11.4 Å². The zero-order valence-electron chi connectivity index (χ0n) is 11.3. The van der Waals surface area contributed by atoms with Crippen LogP contribution in [0.4, 0.5) is 5.69 Å². The second kappa shape index (κ2) is 5.19. The third kappa shape index (κ3) is 3.05. The standard InChI is InChI=1S/C14H18N2O2S/c1-14(2,15)8-16-11-9-6-4-5-7-10(9)19-12(11)13(17)18-3/h4-7,16H,8,15H2,1-3H3. The van der Waals surface area contributed by atoms with Gasteiger partial charge in [-0.15, -0.1) is 11.3 Å². The molecule has 0 spiro atoms. The number of carbonyl (C=O) groups is 1. The molecule has 0 aliphatic heterocycles. The molecule has 0 aliphatic rings. The molecular weight excluding hydrogens is 260 g/mol. The molecule has 0 fully saturated rings. The summed E-state index contributed by atoms with van der Waals surface area (Å²) in [6.07, 6.45) is 0. The smallest absolute Gasteiger partial charge is 0.350 e. The zero-order valence-corrected chi connectivity index (χ0v) is 12.1. The van der Waals surface area contributed by atoms with E-state index in [-0.39, 0.29) is 11.5 Å². The number of carbonyl (C=O) groups excluding carboxylic acids is 1. The molecule has 0 bridgehead atoms. The topological polar surface area (TPSA) is 64.3 Å². The summed E-state index contributed by atoms with van der Waals surface area (Å²) in [5.41, 5.74) is 6.44. The van der Waals surface area contributed by atoms with Crippen molar-refractivity contribution in [2.45, 2.75) is 19.4 Å². The molecule has 102 valence electrons. The summed E-state index contributed by atoms with van der Waals surface area (Å²) >= 11 is 1.43. The van der Waals surface area contributed by atoms with Crippen LogP contribution in [-0.4, -0.2) is 25.2 Å². The van der Waals surface area contributed by atoms with Crippen LogP contribution in [0.5, 0.6) is 0 Å². The molecule has 1 aromatic carbocycles. The zero-order chi connectivity index (χ0) is 14.0. The Balaban J connectivity index is 2.45. The predicted molar refractivity (Wildman–Crippen MR) is 79.9 cm³/mol. The van der Waals surface area contributed by atoms with Gasteiger partial charge >= 0.3 is 5.97 Å². The first-order valence-corrected chi connectivity index (χ1v) is 6.86. The molecule has 19 heavy (non-hydrogen) atoms. The number of fused-ring (bicyclic) bond motifs is 1. The lowest BCUT2D eigenvalue weighted by molar-refractivity contribution is 0.0607. The highest BCUT2D eigenvalue weighted by atomic mass is 32.1. The number of thiophene rings is 1. The monoisotopic (exact) mass is 278 g/mol. The molecule has 1 aromatic heterocycles. The molecule has 4 nitrogen and oxygen atoms in total. The van der Waals surface area contributed by atoms with Crippen LogP contribution in [0.3, 0.4) is 0 Å². The van der Waals surface area contributed by atoms with Gasteiger partial charge in [-0.3, -0.25) is 0 Å². The van der Waals surface area contributed by atoms with Gasteiger partial charge in [0.25, 0.3) is 0 Å². The van der Waals surface area contributed by atoms with E-state index in [1.54, 1.807) is 0 Å². The van der Waals surface area contributed by atoms with Gasteiger partial charge in [0.2, 0.25) is 0 Å². The molecular formula is C14H18N2O2S. The number of hydrogen-bond donors (Lipinski definition) is 2. The predicted octanol–water partition coefficient (Wildman–Crippen LogP) is 2.84. The van der Waals surface area contributed by atoms with Crippen LogP contribution in [-0.2, 0) is 4.74 Å². The normalized spacial score (nSPS) is 11.6. The van der Waals surface area contributed by atoms with E-state index in [0.717, 1.165) is 15.8 Å². The van der Waals surface area contributed by atoms with E-state index >= 15 is 0 Å². The lowest BCUT2D eigenvalue weighted by Crippen LogP contribution is -2.39. The number of nitrogens with two attached hydrogens (primary N) is 1. The van der Waals surface area contributed by atoms with Crippen molar-refractivity contribution >= 4 is 33.1 Å². The van der Waals surface area contributed by atoms with Crippen LogP contribution in [0.25, 0.3) is 10.1 Å². The summed E-state index contributed by atoms with van der Waals surface area (Å²) in [7, 11) is 1.39. The highest BCUT2D eigenvalue weighted by Crippen LogP contribution is 2.36. The van der Waals surface area contributed by atoms with Crippen LogP contribution in [0.2, 0.25) is 0 Å². The van der Waals surface area contributed by atoms with Gasteiger partial charge < -0.3 is 15.8 Å². The number of methoxy groups -OCH3 is 1. The number of rotatable bonds is 4. The minimum Gasteiger partial charge on any atom is -0.465 e. The van der Waals surface area contributed by atoms with Crippen molar-refractivity contribution in [3.63, 3.8) is 0 Å². The maximum absolute atomic E-state index is 11.8. The van der Waals surface area contributed by atoms with Crippen molar-refractivity contribution in [2.24, 2.45) is 5.73 Å². The van der Waals surface area contributed by atoms with Crippen molar-refractivity contribution in [1.82, 2.24) is 0 Å². The van der Waals surface area contributed by atoms with E-state index in [2.05, 4.69) is 5.32 Å². The fraction of sp³-hybridized carbons (Fsp3) is 0.357. The summed E-state index contributed by atoms with van der Waals surface area (Å²) in [5.74, 6) is -0.321. The fourth-order valence-electron chi connectivity index (χ4n) is 1.77. The molecule has 0 unspecified atom stereocenters. The minimum atomic E-state index is -0.351. The maximum atomic E-state index is 11.8. The van der Waals surface area contributed by atoms with Crippen LogP contribution in [0.1, 0.15) is 23.5 Å². The van der Waals surface area contributed by atoms with Crippen molar-refractivity contribution in [1.29, 1.82) is 0 Å². The second-order valence-electron chi connectivity index (χ2n) is 5.14. The average molecular weight is 278 g/mol. The van der Waals surface area contributed by atoms with Gasteiger partial charge in [-0.05, 0) is 19.9 Å². The molecule has 3 N–H and O–H groups in total. The van der Waals surface area contributed by atoms with Gasteiger partial charge in [-0.2, -0.15) is 0 Å². The SMILES string of the molecule is COC(=O)c1sc2ccccc2c1NCC(C)(C)N. The van der Waals surface area contributed by atoms with E-state index < -0.39 is 0 Å². The van der Waals surface area contributed by atoms with Gasteiger partial charge in [0.05, 0.1) is 12.8 Å². The molecule has 2 aromatic rings. The van der Waals surface area contributed by atoms with Crippen LogP contribution >= 0.6 is 11.3 Å². The summed E-state index contributed by atoms with van der Waals surface area (Å²) in [4.78, 5) is 12.4. The van der Waals surface area contributed by atoms with Crippen molar-refractivity contribution in [2.75, 3.05) is 19.0 Å². The number of ether oxygens (including phenoxy) is 1. The average Bonchev–Trinajstić information content (AvgIpc) is 2.73. The summed E-state index contributed by atoms with van der Waals surface area (Å²) in [6, 6.07) is 7.89. The Morgan fingerprint density at radius 2 is 2.11 bits per heavy atom. The molecule has 5 heteroatoms. The van der Waals surface area contributed by atoms with E-state index in [1.165, 1.54) is 18.4 Å². The molecule has 1 heterocycles. The Labute approximate surface area is 116 Å². The Kier molecular flexibility index (Phi) is 3.78. The van der Waals surface area contributed by atoms with Gasteiger partial charge in [0.15, 0.2) is 0 Å². The number of hydrogen-bond acceptors (Lipinski definition) is 5. The molecule has 2 rings (SSSR count). The van der Waals surface area contributed by atoms with Crippen LogP contribution in [0.15, 0.2) is 24.3 Å². The first kappa shape index (κ1) is 13.8. The quantitative estimate of drug-likeness (QED) is 0.844. The summed E-state index contributed by atoms with van der Waals surface area (Å²) < 4.78 is 5.89. The van der Waals surface area contributed by atoms with Crippen LogP contribution < -0.4 is 11.1 Å². The Morgan fingerprint density at radius 1 is 1.42 bits per heavy atom. The van der Waals surface area contributed by atoms with Gasteiger partial charge in [0, 0.05) is 22.2 Å². The lowest BCUT2D eigenvalue weighted by atomic mass is 10.1. The molecule has 0 amide bonds. The number of esters is 1. The maximum Gasteiger partial charge on any atom is 0.350 e. The van der Waals surface area contributed by atoms with E-state index in [4.69, 9.17) is 10.5 Å². The third-order valence-electron chi connectivity index (χ3n) is 2.69. The molecule has 0 saturated heterocycles. The van der Waals surface area contributed by atoms with Crippen molar-refractivity contribution in [3.8, 4) is 0 Å². The van der Waals surface area contributed by atoms with Gasteiger partial charge in [-0.1, -0.05) is 18.2 Å². The Hall–Kier alpha value is -1.59. The largest absolute Gasteiger partial charge is 0.465 e. The fourth-order valence-corrected chi connectivity index (χ4v) is 2.87. The number of anilines is 1. The van der Waals surface area contributed by atoms with E-state index in [1.807, 2.05) is 38.1 Å². The molecule has 0 radical (unpaired) electrons. The summed E-state index contributed by atoms with van der Waals surface area (Å²) in [6.45, 7) is 4.45. The number of nitrogens with one attached hydrogen (secondary N) is 1. The molecule has 0 aliphatic carbocycles. The highest BCUT2D eigenvalue weighted by Gasteiger charge is 2.20. The van der Waals surface area contributed by atoms with Gasteiger partial charge in [-0.25, -0.2) is 4.79 Å². The Bertz CT molecular complexity index is 599. The Morgan fingerprint density at radius 3 is 2.74 bits per heavy atom. The van der Waals surface area contributed by atoms with E-state index in [9.17, 15) is 4.79 Å². The highest BCUT2D eigenvalue weighted by molar-refractivity contribution is 7.21.